The summed E-state index contributed by atoms with van der Waals surface area (Å²) >= 11 is 0. The predicted molar refractivity (Wildman–Crippen MR) is 267 cm³/mol. The van der Waals surface area contributed by atoms with Gasteiger partial charge < -0.3 is 114 Å². The molecule has 31 atom stereocenters. The molecule has 10 aliphatic rings. The Morgan fingerprint density at radius 1 is 0.538 bits per heavy atom. The zero-order valence-electron chi connectivity index (χ0n) is 45.9. The van der Waals surface area contributed by atoms with Gasteiger partial charge in [0.1, 0.15) is 97.7 Å². The summed E-state index contributed by atoms with van der Waals surface area (Å²) in [6, 6.07) is 0. The number of ether oxygens (including phenoxy) is 9. The fraction of sp³-hybridized carbons (Fsp3) is 0.964. The molecule has 0 aromatic carbocycles. The summed E-state index contributed by atoms with van der Waals surface area (Å²) in [5.41, 5.74) is 0.184. The Morgan fingerprint density at radius 2 is 1.05 bits per heavy atom. The third kappa shape index (κ3) is 9.00. The first-order valence-electron chi connectivity index (χ1n) is 28.5. The minimum Gasteiger partial charge on any atom is -0.394 e. The monoisotopic (exact) mass is 1120 g/mol. The Labute approximate surface area is 455 Å². The number of hydrogen-bond acceptors (Lipinski definition) is 23. The van der Waals surface area contributed by atoms with Crippen LogP contribution in [-0.2, 0) is 42.6 Å². The molecule has 14 N–H and O–H groups in total. The second-order valence-electron chi connectivity index (χ2n) is 26.4. The van der Waals surface area contributed by atoms with Crippen LogP contribution in [0.5, 0.6) is 0 Å². The topological polar surface area (TPSA) is 366 Å². The van der Waals surface area contributed by atoms with E-state index < -0.39 is 160 Å². The van der Waals surface area contributed by atoms with Crippen molar-refractivity contribution in [2.45, 2.75) is 234 Å². The highest BCUT2D eigenvalue weighted by Crippen LogP contribution is 2.90. The van der Waals surface area contributed by atoms with E-state index in [1.165, 1.54) is 0 Å². The molecular weight excluding hydrogens is 1030 g/mol. The van der Waals surface area contributed by atoms with Crippen molar-refractivity contribution in [2.75, 3.05) is 40.1 Å². The summed E-state index contributed by atoms with van der Waals surface area (Å²) in [6.07, 6.45) is -21.1. The van der Waals surface area contributed by atoms with E-state index in [0.29, 0.717) is 18.8 Å². The summed E-state index contributed by atoms with van der Waals surface area (Å²) in [7, 11) is 1.77. The van der Waals surface area contributed by atoms with Crippen LogP contribution in [-0.4, -0.2) is 246 Å². The fourth-order valence-electron chi connectivity index (χ4n) is 18.5. The van der Waals surface area contributed by atoms with Crippen molar-refractivity contribution >= 4 is 0 Å². The predicted octanol–water partition coefficient (Wildman–Crippen LogP) is -2.33. The second kappa shape index (κ2) is 21.7. The summed E-state index contributed by atoms with van der Waals surface area (Å²) in [5, 5.41) is 149. The summed E-state index contributed by atoms with van der Waals surface area (Å²) in [5.74, 6) is -0.305. The van der Waals surface area contributed by atoms with Gasteiger partial charge in [0.15, 0.2) is 24.7 Å². The van der Waals surface area contributed by atoms with Gasteiger partial charge in [0, 0.05) is 19.4 Å². The minimum absolute atomic E-state index is 0.00184. The first-order chi connectivity index (χ1) is 36.8. The standard InChI is InChI=1S/C55H90O23/c1-23(20-71-47-41(68)37(64)33(60)28(17-57)73-47)8-9-26-24(2)46-51(5)14-15-54-22-53(54)13-12-25(50(3,4)31(53)10-11-32(54)52(51,6)21-55(46,70-7)78-26)43-44(39(66)35(62)27(16-56)72-43)76-49-45(40(67)36(63)30(19-59)75-49)77-48-42(69)38(65)34(61)29(18-58)74-48/h8,24-49,56-69H,9-22H2,1-7H3/b23-8+/t24-,25-,26+,27-,28-,29-,30-,31+,32+,33-,34-,35+,36-,37+,38+,39+,40+,41-,42-,43+,44-,45-,46-,47-,48+,49+,51-,52+,53-,54+,55+/m1/s1. The van der Waals surface area contributed by atoms with E-state index in [1.807, 2.05) is 6.92 Å². The molecule has 5 heterocycles. The van der Waals surface area contributed by atoms with E-state index in [2.05, 4.69) is 40.7 Å². The number of aliphatic hydroxyl groups excluding tert-OH is 14. The maximum Gasteiger partial charge on any atom is 0.187 e. The molecule has 0 aromatic rings. The van der Waals surface area contributed by atoms with Crippen molar-refractivity contribution in [2.24, 2.45) is 56.7 Å². The molecule has 0 unspecified atom stereocenters. The highest BCUT2D eigenvalue weighted by atomic mass is 16.8. The van der Waals surface area contributed by atoms with E-state index in [0.717, 1.165) is 50.5 Å². The molecule has 448 valence electrons. The fourth-order valence-corrected chi connectivity index (χ4v) is 18.5. The zero-order chi connectivity index (χ0) is 56.6. The van der Waals surface area contributed by atoms with Crippen molar-refractivity contribution in [3.8, 4) is 0 Å². The van der Waals surface area contributed by atoms with Gasteiger partial charge in [-0.25, -0.2) is 0 Å². The Balaban J connectivity index is 0.857. The van der Waals surface area contributed by atoms with Gasteiger partial charge in [-0.1, -0.05) is 46.3 Å². The van der Waals surface area contributed by atoms with Crippen molar-refractivity contribution in [1.82, 2.24) is 0 Å². The second-order valence-corrected chi connectivity index (χ2v) is 26.4. The average molecular weight is 1120 g/mol. The SMILES string of the molecule is CO[C@]12C[C@@]3(C)[C@@H]4CC[C@H]5C(C)(C)[C@@H]([C@@H]6O[C@H](CO)[C@H](O)[C@H](O)[C@H]6O[C@@H]6O[C@H](CO)[C@@H](O)[C@H](O)[C@H]6O[C@@H]6O[C@H](CO)[C@@H](O)[C@H](O)[C@H]6O)CC[C@@]56C[C@@]46CC[C@]3(C)[C@H]1[C@H](C)[C@H](C/C=C(\C)CO[C@@H]1O[C@H](CO)[C@@H](O)[C@H](O)[C@H]1O)O2. The molecule has 0 amide bonds. The smallest absolute Gasteiger partial charge is 0.187 e. The largest absolute Gasteiger partial charge is 0.394 e. The first kappa shape index (κ1) is 60.0. The van der Waals surface area contributed by atoms with Crippen LogP contribution >= 0.6 is 0 Å². The maximum atomic E-state index is 12.0. The molecule has 0 radical (unpaired) electrons. The van der Waals surface area contributed by atoms with Gasteiger partial charge in [-0.05, 0) is 109 Å². The number of aliphatic hydroxyl groups is 14. The molecule has 5 aliphatic carbocycles. The van der Waals surface area contributed by atoms with E-state index in [9.17, 15) is 71.5 Å². The average Bonchev–Trinajstić information content (AvgIpc) is 3.76. The Kier molecular flexibility index (Phi) is 16.7. The number of methoxy groups -OCH3 is 1. The number of fused-ring (bicyclic) bond motifs is 4. The molecule has 5 saturated carbocycles. The lowest BCUT2D eigenvalue weighted by Crippen LogP contribution is -2.68. The Hall–Kier alpha value is -1.18. The van der Waals surface area contributed by atoms with Gasteiger partial charge in [-0.3, -0.25) is 0 Å². The lowest BCUT2D eigenvalue weighted by Gasteiger charge is -2.64. The van der Waals surface area contributed by atoms with Crippen LogP contribution in [0, 0.1) is 56.7 Å². The lowest BCUT2D eigenvalue weighted by atomic mass is 9.41. The van der Waals surface area contributed by atoms with Crippen molar-refractivity contribution in [3.05, 3.63) is 11.6 Å². The van der Waals surface area contributed by atoms with Gasteiger partial charge in [0.25, 0.3) is 0 Å². The molecule has 5 aliphatic heterocycles. The molecule has 5 saturated heterocycles. The van der Waals surface area contributed by atoms with Crippen LogP contribution in [0.25, 0.3) is 0 Å². The maximum absolute atomic E-state index is 12.0. The van der Waals surface area contributed by atoms with Gasteiger partial charge in [-0.15, -0.1) is 0 Å². The van der Waals surface area contributed by atoms with Gasteiger partial charge >= 0.3 is 0 Å². The molecule has 0 aromatic heterocycles. The van der Waals surface area contributed by atoms with Crippen molar-refractivity contribution < 1.29 is 114 Å². The molecule has 10 fully saturated rings. The quantitative estimate of drug-likeness (QED) is 0.0765. The summed E-state index contributed by atoms with van der Waals surface area (Å²) in [6.45, 7) is 11.0. The van der Waals surface area contributed by atoms with Gasteiger partial charge in [0.2, 0.25) is 0 Å². The first-order valence-corrected chi connectivity index (χ1v) is 28.5. The van der Waals surface area contributed by atoms with Crippen LogP contribution < -0.4 is 0 Å². The Morgan fingerprint density at radius 3 is 1.65 bits per heavy atom. The van der Waals surface area contributed by atoms with Crippen LogP contribution in [0.4, 0.5) is 0 Å². The molecule has 0 bridgehead atoms. The van der Waals surface area contributed by atoms with Gasteiger partial charge in [0.05, 0.1) is 45.2 Å². The van der Waals surface area contributed by atoms with Crippen molar-refractivity contribution in [1.29, 1.82) is 0 Å². The molecule has 78 heavy (non-hydrogen) atoms. The molecule has 2 spiro atoms. The van der Waals surface area contributed by atoms with E-state index >= 15 is 0 Å². The molecule has 10 rings (SSSR count). The highest BCUT2D eigenvalue weighted by Gasteiger charge is 2.85. The zero-order valence-corrected chi connectivity index (χ0v) is 45.9. The van der Waals surface area contributed by atoms with E-state index in [1.54, 1.807) is 7.11 Å². The van der Waals surface area contributed by atoms with E-state index in [-0.39, 0.29) is 58.0 Å². The third-order valence-corrected chi connectivity index (χ3v) is 22.7. The van der Waals surface area contributed by atoms with Crippen LogP contribution in [0.15, 0.2) is 11.6 Å². The van der Waals surface area contributed by atoms with Gasteiger partial charge in [-0.2, -0.15) is 0 Å². The van der Waals surface area contributed by atoms with Crippen LogP contribution in [0.2, 0.25) is 0 Å². The summed E-state index contributed by atoms with van der Waals surface area (Å²) < 4.78 is 55.9. The normalized spacial score (nSPS) is 56.6. The van der Waals surface area contributed by atoms with Crippen LogP contribution in [0.3, 0.4) is 0 Å². The molecular formula is C55H90O23. The van der Waals surface area contributed by atoms with Crippen LogP contribution in [0.1, 0.15) is 99.3 Å². The molecule has 23 nitrogen and oxygen atoms in total. The van der Waals surface area contributed by atoms with E-state index in [4.69, 9.17) is 42.6 Å². The van der Waals surface area contributed by atoms with Crippen molar-refractivity contribution in [3.63, 3.8) is 0 Å². The Bertz CT molecular complexity index is 2140. The lowest BCUT2D eigenvalue weighted by molar-refractivity contribution is -0.385. The minimum atomic E-state index is -1.90. The summed E-state index contributed by atoms with van der Waals surface area (Å²) in [4.78, 5) is 0. The third-order valence-electron chi connectivity index (χ3n) is 22.7. The number of hydrogen-bond donors (Lipinski definition) is 14. The molecule has 23 heteroatoms. The number of rotatable bonds is 15. The highest BCUT2D eigenvalue weighted by molar-refractivity contribution is 5.33.